The number of benzene rings is 2. The van der Waals surface area contributed by atoms with Crippen molar-refractivity contribution in [3.63, 3.8) is 0 Å². The van der Waals surface area contributed by atoms with Gasteiger partial charge in [0.15, 0.2) is 0 Å². The molecule has 1 aliphatic rings. The van der Waals surface area contributed by atoms with Crippen molar-refractivity contribution in [1.82, 2.24) is 0 Å². The van der Waals surface area contributed by atoms with E-state index >= 15 is 0 Å². The van der Waals surface area contributed by atoms with Gasteiger partial charge in [-0.05, 0) is 49.2 Å². The van der Waals surface area contributed by atoms with Gasteiger partial charge in [0, 0.05) is 23.7 Å². The zero-order valence-corrected chi connectivity index (χ0v) is 14.3. The Kier molecular flexibility index (Phi) is 4.58. The van der Waals surface area contributed by atoms with E-state index in [0.29, 0.717) is 17.3 Å². The Morgan fingerprint density at radius 2 is 1.75 bits per heavy atom. The van der Waals surface area contributed by atoms with Gasteiger partial charge < -0.3 is 9.64 Å². The number of carbonyl (C=O) groups excluding carboxylic acids is 2. The average Bonchev–Trinajstić information content (AvgIpc) is 2.94. The number of esters is 1. The lowest BCUT2D eigenvalue weighted by Crippen LogP contribution is -2.27. The second kappa shape index (κ2) is 6.65. The normalized spacial score (nSPS) is 17.2. The summed E-state index contributed by atoms with van der Waals surface area (Å²) in [6, 6.07) is 12.7. The van der Waals surface area contributed by atoms with E-state index in [1.54, 1.807) is 29.2 Å². The Labute approximate surface area is 146 Å². The van der Waals surface area contributed by atoms with Gasteiger partial charge in [0.25, 0.3) is 0 Å². The van der Waals surface area contributed by atoms with Crippen molar-refractivity contribution in [3.8, 4) is 5.75 Å². The molecule has 3 rings (SSSR count). The number of ether oxygens (including phenoxy) is 1. The molecule has 1 atom stereocenters. The van der Waals surface area contributed by atoms with Crippen molar-refractivity contribution in [1.29, 1.82) is 0 Å². The second-order valence-electron chi connectivity index (χ2n) is 6.02. The van der Waals surface area contributed by atoms with Crippen LogP contribution in [0.15, 0.2) is 42.5 Å². The highest BCUT2D eigenvalue weighted by Gasteiger charge is 2.36. The van der Waals surface area contributed by atoms with Crippen molar-refractivity contribution in [2.75, 3.05) is 11.4 Å². The van der Waals surface area contributed by atoms with Crippen LogP contribution in [0.5, 0.6) is 5.75 Å². The van der Waals surface area contributed by atoms with Gasteiger partial charge in [0.2, 0.25) is 5.91 Å². The smallest absolute Gasteiger partial charge is 0.316 e. The predicted molar refractivity (Wildman–Crippen MR) is 93.5 cm³/mol. The fourth-order valence-corrected chi connectivity index (χ4v) is 3.01. The standard InChI is InChI=1S/C19H18ClNO3/c1-12-4-3-5-13(2)18(12)24-19(23)14-10-17(22)21(11-14)16-8-6-15(20)7-9-16/h3-9,14H,10-11H2,1-2H3/t14-/m1/s1. The maximum atomic E-state index is 12.5. The first kappa shape index (κ1) is 16.5. The highest BCUT2D eigenvalue weighted by molar-refractivity contribution is 6.30. The molecular formula is C19H18ClNO3. The first-order chi connectivity index (χ1) is 11.5. The molecule has 0 N–H and O–H groups in total. The van der Waals surface area contributed by atoms with Gasteiger partial charge in [-0.3, -0.25) is 9.59 Å². The van der Waals surface area contributed by atoms with Crippen LogP contribution in [-0.2, 0) is 9.59 Å². The number of anilines is 1. The van der Waals surface area contributed by atoms with E-state index in [0.717, 1.165) is 16.8 Å². The largest absolute Gasteiger partial charge is 0.426 e. The minimum atomic E-state index is -0.466. The fourth-order valence-electron chi connectivity index (χ4n) is 2.88. The second-order valence-corrected chi connectivity index (χ2v) is 6.46. The number of halogens is 1. The van der Waals surface area contributed by atoms with Crippen molar-refractivity contribution < 1.29 is 14.3 Å². The number of carbonyl (C=O) groups is 2. The van der Waals surface area contributed by atoms with Crippen LogP contribution >= 0.6 is 11.6 Å². The SMILES string of the molecule is Cc1cccc(C)c1OC(=O)[C@@H]1CC(=O)N(c2ccc(Cl)cc2)C1. The molecule has 1 amide bonds. The first-order valence-electron chi connectivity index (χ1n) is 7.79. The number of amides is 1. The summed E-state index contributed by atoms with van der Waals surface area (Å²) in [4.78, 5) is 26.3. The van der Waals surface area contributed by atoms with Crippen molar-refractivity contribution >= 4 is 29.2 Å². The summed E-state index contributed by atoms with van der Waals surface area (Å²) in [6.45, 7) is 4.12. The van der Waals surface area contributed by atoms with E-state index in [4.69, 9.17) is 16.3 Å². The Bertz CT molecular complexity index is 765. The third-order valence-corrected chi connectivity index (χ3v) is 4.46. The minimum absolute atomic E-state index is 0.0826. The summed E-state index contributed by atoms with van der Waals surface area (Å²) in [7, 11) is 0. The predicted octanol–water partition coefficient (Wildman–Crippen LogP) is 3.92. The Hall–Kier alpha value is -2.33. The van der Waals surface area contributed by atoms with E-state index in [1.807, 2.05) is 32.0 Å². The lowest BCUT2D eigenvalue weighted by molar-refractivity contribution is -0.139. The Morgan fingerprint density at radius 3 is 2.38 bits per heavy atom. The van der Waals surface area contributed by atoms with Crippen LogP contribution < -0.4 is 9.64 Å². The summed E-state index contributed by atoms with van der Waals surface area (Å²) in [5.41, 5.74) is 2.55. The fraction of sp³-hybridized carbons (Fsp3) is 0.263. The molecule has 0 saturated carbocycles. The lowest BCUT2D eigenvalue weighted by Gasteiger charge is -2.17. The molecule has 1 heterocycles. The Balaban J connectivity index is 1.73. The van der Waals surface area contributed by atoms with E-state index in [2.05, 4.69) is 0 Å². The van der Waals surface area contributed by atoms with Gasteiger partial charge >= 0.3 is 5.97 Å². The molecule has 1 saturated heterocycles. The van der Waals surface area contributed by atoms with Crippen LogP contribution in [0.4, 0.5) is 5.69 Å². The lowest BCUT2D eigenvalue weighted by atomic mass is 10.1. The molecule has 0 bridgehead atoms. The molecule has 0 unspecified atom stereocenters. The average molecular weight is 344 g/mol. The van der Waals surface area contributed by atoms with E-state index in [9.17, 15) is 9.59 Å². The molecule has 0 aromatic heterocycles. The van der Waals surface area contributed by atoms with Crippen LogP contribution in [0, 0.1) is 19.8 Å². The van der Waals surface area contributed by atoms with Crippen molar-refractivity contribution in [2.45, 2.75) is 20.3 Å². The Morgan fingerprint density at radius 1 is 1.12 bits per heavy atom. The number of hydrogen-bond acceptors (Lipinski definition) is 3. The first-order valence-corrected chi connectivity index (χ1v) is 8.17. The highest BCUT2D eigenvalue weighted by Crippen LogP contribution is 2.29. The monoisotopic (exact) mass is 343 g/mol. The molecule has 0 spiro atoms. The number of hydrogen-bond donors (Lipinski definition) is 0. The summed E-state index contributed by atoms with van der Waals surface area (Å²) >= 11 is 5.88. The maximum absolute atomic E-state index is 12.5. The summed E-state index contributed by atoms with van der Waals surface area (Å²) in [5.74, 6) is -0.329. The zero-order valence-electron chi connectivity index (χ0n) is 13.6. The highest BCUT2D eigenvalue weighted by atomic mass is 35.5. The van der Waals surface area contributed by atoms with Gasteiger partial charge in [-0.1, -0.05) is 29.8 Å². The number of para-hydroxylation sites is 1. The molecule has 124 valence electrons. The van der Waals surface area contributed by atoms with E-state index in [-0.39, 0.29) is 18.3 Å². The maximum Gasteiger partial charge on any atom is 0.316 e. The van der Waals surface area contributed by atoms with Crippen molar-refractivity contribution in [3.05, 3.63) is 58.6 Å². The molecule has 2 aromatic rings. The molecule has 2 aromatic carbocycles. The van der Waals surface area contributed by atoms with Crippen LogP contribution in [0.1, 0.15) is 17.5 Å². The summed E-state index contributed by atoms with van der Waals surface area (Å²) < 4.78 is 5.57. The minimum Gasteiger partial charge on any atom is -0.426 e. The summed E-state index contributed by atoms with van der Waals surface area (Å²) in [6.07, 6.45) is 0.159. The molecule has 1 fully saturated rings. The third-order valence-electron chi connectivity index (χ3n) is 4.21. The zero-order chi connectivity index (χ0) is 17.3. The van der Waals surface area contributed by atoms with Crippen LogP contribution in [0.2, 0.25) is 5.02 Å². The number of aryl methyl sites for hydroxylation is 2. The van der Waals surface area contributed by atoms with Crippen LogP contribution in [0.25, 0.3) is 0 Å². The molecule has 5 heteroatoms. The summed E-state index contributed by atoms with van der Waals surface area (Å²) in [5, 5.41) is 0.608. The molecule has 0 radical (unpaired) electrons. The van der Waals surface area contributed by atoms with E-state index < -0.39 is 5.92 Å². The third kappa shape index (κ3) is 3.29. The van der Waals surface area contributed by atoms with Gasteiger partial charge in [0.1, 0.15) is 5.75 Å². The van der Waals surface area contributed by atoms with Gasteiger partial charge in [-0.2, -0.15) is 0 Å². The molecule has 4 nitrogen and oxygen atoms in total. The molecule has 0 aliphatic carbocycles. The van der Waals surface area contributed by atoms with E-state index in [1.165, 1.54) is 0 Å². The van der Waals surface area contributed by atoms with Gasteiger partial charge in [-0.15, -0.1) is 0 Å². The van der Waals surface area contributed by atoms with Gasteiger partial charge in [0.05, 0.1) is 5.92 Å². The molecule has 1 aliphatic heterocycles. The van der Waals surface area contributed by atoms with Crippen LogP contribution in [0.3, 0.4) is 0 Å². The molecular weight excluding hydrogens is 326 g/mol. The topological polar surface area (TPSA) is 46.6 Å². The number of rotatable bonds is 3. The quantitative estimate of drug-likeness (QED) is 0.627. The van der Waals surface area contributed by atoms with Gasteiger partial charge in [-0.25, -0.2) is 0 Å². The number of nitrogens with zero attached hydrogens (tertiary/aromatic N) is 1. The molecule has 24 heavy (non-hydrogen) atoms. The van der Waals surface area contributed by atoms with Crippen molar-refractivity contribution in [2.24, 2.45) is 5.92 Å². The van der Waals surface area contributed by atoms with Crippen LogP contribution in [-0.4, -0.2) is 18.4 Å².